The second-order valence-electron chi connectivity index (χ2n) is 9.59. The predicted octanol–water partition coefficient (Wildman–Crippen LogP) is 5.33. The molecule has 2 N–H and O–H groups in total. The number of esters is 1. The molecular weight excluding hydrogens is 445 g/mol. The largest absolute Gasteiger partial charge is 0.466 e. The number of carbonyl (C=O) groups excluding carboxylic acids is 2. The molecule has 5 rings (SSSR count). The number of fused-ring (bicyclic) bond motifs is 3. The molecule has 0 saturated heterocycles. The number of aromatic nitrogens is 1. The number of halogens is 1. The van der Waals surface area contributed by atoms with E-state index in [1.165, 1.54) is 6.07 Å². The van der Waals surface area contributed by atoms with Crippen molar-refractivity contribution in [2.45, 2.75) is 45.1 Å². The lowest BCUT2D eigenvalue weighted by Gasteiger charge is -2.37. The Morgan fingerprint density at radius 2 is 1.83 bits per heavy atom. The minimum absolute atomic E-state index is 0.0325. The van der Waals surface area contributed by atoms with Gasteiger partial charge in [-0.25, -0.2) is 9.18 Å². The van der Waals surface area contributed by atoms with Crippen molar-refractivity contribution in [1.29, 1.82) is 0 Å². The number of hydrogen-bond donors (Lipinski definition) is 2. The maximum atomic E-state index is 15.0. The SMILES string of the molecule is CCOC(=O)C1CCC(CNC(=O)N2CCc3c([nH]c4ccccc34)[C@H]2c2ccccc2F)CC1. The minimum Gasteiger partial charge on any atom is -0.466 e. The van der Waals surface area contributed by atoms with E-state index in [0.29, 0.717) is 37.6 Å². The van der Waals surface area contributed by atoms with Gasteiger partial charge in [-0.15, -0.1) is 0 Å². The van der Waals surface area contributed by atoms with Gasteiger partial charge in [-0.1, -0.05) is 36.4 Å². The fourth-order valence-corrected chi connectivity index (χ4v) is 5.68. The molecule has 1 atom stereocenters. The Morgan fingerprint density at radius 3 is 2.60 bits per heavy atom. The van der Waals surface area contributed by atoms with Gasteiger partial charge < -0.3 is 19.9 Å². The monoisotopic (exact) mass is 477 g/mol. The molecule has 2 heterocycles. The van der Waals surface area contributed by atoms with E-state index in [-0.39, 0.29) is 23.7 Å². The first-order chi connectivity index (χ1) is 17.1. The Kier molecular flexibility index (Phi) is 6.75. The van der Waals surface area contributed by atoms with Crippen molar-refractivity contribution in [3.8, 4) is 0 Å². The highest BCUT2D eigenvalue weighted by molar-refractivity contribution is 5.86. The topological polar surface area (TPSA) is 74.4 Å². The zero-order chi connectivity index (χ0) is 24.4. The fourth-order valence-electron chi connectivity index (χ4n) is 5.68. The number of hydrogen-bond acceptors (Lipinski definition) is 3. The Bertz CT molecular complexity index is 1220. The number of H-pyrrole nitrogens is 1. The predicted molar refractivity (Wildman–Crippen MR) is 132 cm³/mol. The third-order valence-electron chi connectivity index (χ3n) is 7.50. The summed E-state index contributed by atoms with van der Waals surface area (Å²) in [5.41, 5.74) is 3.52. The molecule has 1 fully saturated rings. The molecule has 0 unspecified atom stereocenters. The molecule has 0 radical (unpaired) electrons. The number of ether oxygens (including phenoxy) is 1. The molecule has 1 aliphatic carbocycles. The van der Waals surface area contributed by atoms with Crippen LogP contribution in [0.1, 0.15) is 55.5 Å². The smallest absolute Gasteiger partial charge is 0.318 e. The van der Waals surface area contributed by atoms with Crippen molar-refractivity contribution in [1.82, 2.24) is 15.2 Å². The molecule has 184 valence electrons. The highest BCUT2D eigenvalue weighted by Gasteiger charge is 2.36. The second kappa shape index (κ2) is 10.1. The maximum absolute atomic E-state index is 15.0. The first kappa shape index (κ1) is 23.4. The lowest BCUT2D eigenvalue weighted by Crippen LogP contribution is -2.47. The van der Waals surface area contributed by atoms with E-state index >= 15 is 0 Å². The van der Waals surface area contributed by atoms with E-state index in [4.69, 9.17) is 4.74 Å². The molecule has 2 aliphatic rings. The summed E-state index contributed by atoms with van der Waals surface area (Å²) < 4.78 is 20.1. The number of para-hydroxylation sites is 1. The van der Waals surface area contributed by atoms with Crippen LogP contribution in [-0.2, 0) is 16.0 Å². The molecule has 2 amide bonds. The maximum Gasteiger partial charge on any atom is 0.318 e. The Morgan fingerprint density at radius 1 is 1.09 bits per heavy atom. The van der Waals surface area contributed by atoms with Crippen LogP contribution in [0.25, 0.3) is 10.9 Å². The molecule has 1 saturated carbocycles. The van der Waals surface area contributed by atoms with Crippen LogP contribution in [0.2, 0.25) is 0 Å². The standard InChI is InChI=1S/C28H32FN3O3/c1-2-35-27(33)19-13-11-18(12-14-19)17-30-28(34)32-16-15-21-20-7-4-6-10-24(20)31-25(21)26(32)22-8-3-5-9-23(22)29/h3-10,18-19,26,31H,2,11-17H2,1H3,(H,30,34)/t18?,19?,26-/m1/s1. The van der Waals surface area contributed by atoms with Gasteiger partial charge in [0.05, 0.1) is 12.5 Å². The van der Waals surface area contributed by atoms with Crippen LogP contribution in [0, 0.1) is 17.7 Å². The van der Waals surface area contributed by atoms with Crippen LogP contribution in [0.4, 0.5) is 9.18 Å². The highest BCUT2D eigenvalue weighted by Crippen LogP contribution is 2.39. The van der Waals surface area contributed by atoms with Crippen molar-refractivity contribution >= 4 is 22.9 Å². The number of rotatable bonds is 5. The summed E-state index contributed by atoms with van der Waals surface area (Å²) in [7, 11) is 0. The molecule has 1 aliphatic heterocycles. The first-order valence-electron chi connectivity index (χ1n) is 12.6. The van der Waals surface area contributed by atoms with E-state index in [2.05, 4.69) is 16.4 Å². The van der Waals surface area contributed by atoms with Gasteiger partial charge in [0.1, 0.15) is 11.9 Å². The van der Waals surface area contributed by atoms with E-state index in [9.17, 15) is 14.0 Å². The van der Waals surface area contributed by atoms with Gasteiger partial charge in [0.25, 0.3) is 0 Å². The number of urea groups is 1. The van der Waals surface area contributed by atoms with Gasteiger partial charge in [0, 0.05) is 35.2 Å². The summed E-state index contributed by atoms with van der Waals surface area (Å²) in [5.74, 6) is -0.135. The van der Waals surface area contributed by atoms with Crippen LogP contribution in [0.15, 0.2) is 48.5 Å². The minimum atomic E-state index is -0.521. The van der Waals surface area contributed by atoms with E-state index in [0.717, 1.165) is 47.8 Å². The quantitative estimate of drug-likeness (QED) is 0.488. The third kappa shape index (κ3) is 4.64. The summed E-state index contributed by atoms with van der Waals surface area (Å²) >= 11 is 0. The molecule has 3 aromatic rings. The lowest BCUT2D eigenvalue weighted by molar-refractivity contribution is -0.149. The van der Waals surface area contributed by atoms with E-state index < -0.39 is 6.04 Å². The van der Waals surface area contributed by atoms with Crippen LogP contribution >= 0.6 is 0 Å². The third-order valence-corrected chi connectivity index (χ3v) is 7.50. The average Bonchev–Trinajstić information content (AvgIpc) is 3.26. The van der Waals surface area contributed by atoms with Crippen LogP contribution < -0.4 is 5.32 Å². The molecule has 7 heteroatoms. The normalized spacial score (nSPS) is 22.0. The highest BCUT2D eigenvalue weighted by atomic mass is 19.1. The number of aromatic amines is 1. The zero-order valence-corrected chi connectivity index (χ0v) is 20.1. The number of carbonyl (C=O) groups is 2. The van der Waals surface area contributed by atoms with Crippen molar-refractivity contribution in [2.75, 3.05) is 19.7 Å². The van der Waals surface area contributed by atoms with Crippen LogP contribution in [0.3, 0.4) is 0 Å². The van der Waals surface area contributed by atoms with E-state index in [1.54, 1.807) is 17.0 Å². The van der Waals surface area contributed by atoms with Crippen molar-refractivity contribution in [2.24, 2.45) is 11.8 Å². The molecule has 0 spiro atoms. The van der Waals surface area contributed by atoms with Gasteiger partial charge >= 0.3 is 12.0 Å². The summed E-state index contributed by atoms with van der Waals surface area (Å²) in [6, 6.07) is 14.1. The van der Waals surface area contributed by atoms with Gasteiger partial charge in [0.2, 0.25) is 0 Å². The summed E-state index contributed by atoms with van der Waals surface area (Å²) in [6.45, 7) is 3.29. The van der Waals surface area contributed by atoms with Crippen molar-refractivity contribution in [3.63, 3.8) is 0 Å². The number of amides is 2. The van der Waals surface area contributed by atoms with Crippen molar-refractivity contribution in [3.05, 3.63) is 71.2 Å². The Balaban J connectivity index is 1.33. The fraction of sp³-hybridized carbons (Fsp3) is 0.429. The number of nitrogens with one attached hydrogen (secondary N) is 2. The lowest BCUT2D eigenvalue weighted by atomic mass is 9.82. The Hall–Kier alpha value is -3.35. The summed E-state index contributed by atoms with van der Waals surface area (Å²) in [5, 5.41) is 4.24. The number of benzene rings is 2. The van der Waals surface area contributed by atoms with Gasteiger partial charge in [-0.3, -0.25) is 4.79 Å². The van der Waals surface area contributed by atoms with Crippen LogP contribution in [-0.4, -0.2) is 41.6 Å². The van der Waals surface area contributed by atoms with Gasteiger partial charge in [-0.2, -0.15) is 0 Å². The van der Waals surface area contributed by atoms with Crippen LogP contribution in [0.5, 0.6) is 0 Å². The number of nitrogens with zero attached hydrogens (tertiary/aromatic N) is 1. The average molecular weight is 478 g/mol. The Labute approximate surface area is 204 Å². The molecule has 2 aromatic carbocycles. The van der Waals surface area contributed by atoms with Gasteiger partial charge in [0.15, 0.2) is 0 Å². The second-order valence-corrected chi connectivity index (χ2v) is 9.59. The molecule has 0 bridgehead atoms. The zero-order valence-electron chi connectivity index (χ0n) is 20.1. The molecule has 6 nitrogen and oxygen atoms in total. The van der Waals surface area contributed by atoms with Crippen molar-refractivity contribution < 1.29 is 18.7 Å². The first-order valence-corrected chi connectivity index (χ1v) is 12.6. The van der Waals surface area contributed by atoms with Gasteiger partial charge in [-0.05, 0) is 62.6 Å². The van der Waals surface area contributed by atoms with E-state index in [1.807, 2.05) is 31.2 Å². The molecular formula is C28H32FN3O3. The molecule has 1 aromatic heterocycles. The molecule has 35 heavy (non-hydrogen) atoms. The summed E-state index contributed by atoms with van der Waals surface area (Å²) in [4.78, 5) is 30.7. The summed E-state index contributed by atoms with van der Waals surface area (Å²) in [6.07, 6.45) is 4.06.